The molecule has 0 saturated carbocycles. The van der Waals surface area contributed by atoms with Crippen molar-refractivity contribution in [1.82, 2.24) is 9.96 Å². The van der Waals surface area contributed by atoms with Gasteiger partial charge in [-0.1, -0.05) is 17.7 Å². The van der Waals surface area contributed by atoms with Crippen molar-refractivity contribution in [2.45, 2.75) is 52.0 Å². The van der Waals surface area contributed by atoms with E-state index in [1.165, 1.54) is 12.7 Å². The van der Waals surface area contributed by atoms with Crippen molar-refractivity contribution in [2.75, 3.05) is 33.9 Å². The van der Waals surface area contributed by atoms with Gasteiger partial charge in [0.05, 0.1) is 20.6 Å². The number of piperidine rings is 1. The Bertz CT molecular complexity index is 766. The van der Waals surface area contributed by atoms with Crippen LogP contribution in [-0.2, 0) is 25.6 Å². The summed E-state index contributed by atoms with van der Waals surface area (Å²) in [5.74, 6) is 2.10. The van der Waals surface area contributed by atoms with Crippen molar-refractivity contribution in [2.24, 2.45) is 0 Å². The van der Waals surface area contributed by atoms with Crippen LogP contribution in [0.5, 0.6) is 0 Å². The van der Waals surface area contributed by atoms with E-state index in [4.69, 9.17) is 16.0 Å². The monoisotopic (exact) mass is 400 g/mol. The van der Waals surface area contributed by atoms with E-state index in [0.717, 1.165) is 16.7 Å². The Morgan fingerprint density at radius 2 is 1.76 bits per heavy atom. The molecule has 0 atom stereocenters. The molecule has 6 nitrogen and oxygen atoms in total. The lowest BCUT2D eigenvalue weighted by Gasteiger charge is -2.46. The van der Waals surface area contributed by atoms with Crippen molar-refractivity contribution in [3.63, 3.8) is 0 Å². The number of carbonyl (C=O) groups excluding carboxylic acids is 2. The summed E-state index contributed by atoms with van der Waals surface area (Å²) in [5.41, 5.74) is 3.30. The minimum atomic E-state index is -1.02. The van der Waals surface area contributed by atoms with E-state index in [1.54, 1.807) is 17.1 Å². The molecule has 0 bridgehead atoms. The fourth-order valence-electron chi connectivity index (χ4n) is 4.30. The van der Waals surface area contributed by atoms with Crippen LogP contribution in [0.25, 0.3) is 0 Å². The summed E-state index contributed by atoms with van der Waals surface area (Å²) < 4.78 is 5.14. The molecule has 0 aromatic heterocycles. The van der Waals surface area contributed by atoms with Gasteiger partial charge in [0.1, 0.15) is 5.54 Å². The summed E-state index contributed by atoms with van der Waals surface area (Å²) in [6.07, 6.45) is 6.98. The molecule has 0 N–H and O–H groups in total. The van der Waals surface area contributed by atoms with Gasteiger partial charge in [-0.15, -0.1) is 12.3 Å². The maximum Gasteiger partial charge on any atom is 0.331 e. The fraction of sp³-hybridized carbons (Fsp3) is 0.565. The fourth-order valence-corrected chi connectivity index (χ4v) is 4.30. The van der Waals surface area contributed by atoms with Gasteiger partial charge in [-0.05, 0) is 50.3 Å². The quantitative estimate of drug-likeness (QED) is 0.520. The predicted molar refractivity (Wildman–Crippen MR) is 112 cm³/mol. The van der Waals surface area contributed by atoms with Gasteiger partial charge in [-0.2, -0.15) is 5.06 Å². The first kappa shape index (κ1) is 22.9. The minimum Gasteiger partial charge on any atom is -0.467 e. The molecule has 1 aromatic carbocycles. The van der Waals surface area contributed by atoms with E-state index in [0.29, 0.717) is 38.9 Å². The van der Waals surface area contributed by atoms with Gasteiger partial charge in [0, 0.05) is 26.1 Å². The van der Waals surface area contributed by atoms with Crippen LogP contribution in [0.15, 0.2) is 12.1 Å². The maximum atomic E-state index is 13.5. The van der Waals surface area contributed by atoms with Crippen LogP contribution in [0.3, 0.4) is 0 Å². The third-order valence-electron chi connectivity index (χ3n) is 5.84. The van der Waals surface area contributed by atoms with Crippen molar-refractivity contribution in [1.29, 1.82) is 0 Å². The molecule has 0 unspecified atom stereocenters. The third kappa shape index (κ3) is 4.98. The van der Waals surface area contributed by atoms with Crippen LogP contribution in [0.2, 0.25) is 0 Å². The molecule has 0 aliphatic carbocycles. The number of hydrogen-bond donors (Lipinski definition) is 0. The van der Waals surface area contributed by atoms with Crippen LogP contribution in [0.4, 0.5) is 0 Å². The van der Waals surface area contributed by atoms with Crippen LogP contribution >= 0.6 is 0 Å². The topological polar surface area (TPSA) is 59.1 Å². The number of methoxy groups -OCH3 is 1. The lowest BCUT2D eigenvalue weighted by molar-refractivity contribution is -0.185. The molecule has 6 heteroatoms. The van der Waals surface area contributed by atoms with Crippen LogP contribution in [0, 0.1) is 33.1 Å². The minimum absolute atomic E-state index is 0.105. The molecule has 0 radical (unpaired) electrons. The first-order chi connectivity index (χ1) is 13.8. The van der Waals surface area contributed by atoms with Gasteiger partial charge >= 0.3 is 5.97 Å². The number of benzene rings is 1. The Hall–Kier alpha value is -2.36. The lowest BCUT2D eigenvalue weighted by Crippen LogP contribution is -2.62. The number of rotatable bonds is 7. The summed E-state index contributed by atoms with van der Waals surface area (Å²) in [4.78, 5) is 33.3. The molecule has 2 rings (SSSR count). The molecule has 1 amide bonds. The van der Waals surface area contributed by atoms with Crippen molar-refractivity contribution in [3.05, 3.63) is 34.4 Å². The second-order valence-electron chi connectivity index (χ2n) is 7.69. The van der Waals surface area contributed by atoms with E-state index < -0.39 is 11.5 Å². The molecule has 1 aliphatic heterocycles. The van der Waals surface area contributed by atoms with E-state index in [-0.39, 0.29) is 12.3 Å². The zero-order chi connectivity index (χ0) is 21.6. The van der Waals surface area contributed by atoms with E-state index >= 15 is 0 Å². The van der Waals surface area contributed by atoms with Gasteiger partial charge in [-0.3, -0.25) is 4.79 Å². The summed E-state index contributed by atoms with van der Waals surface area (Å²) in [5, 5.41) is 1.79. The van der Waals surface area contributed by atoms with Crippen molar-refractivity contribution < 1.29 is 19.2 Å². The standard InChI is InChI=1S/C23H32N2O4/c1-7-8-11-25(21(26)16-20-18(3)14-17(2)15-19(20)4)23(22(27)28-5)9-12-24(29-6)13-10-23/h1,14-15H,8-13,16H2,2-6H3. The summed E-state index contributed by atoms with van der Waals surface area (Å²) in [7, 11) is 2.97. The Balaban J connectivity index is 2.39. The highest BCUT2D eigenvalue weighted by Crippen LogP contribution is 2.32. The Morgan fingerprint density at radius 3 is 2.24 bits per heavy atom. The van der Waals surface area contributed by atoms with Gasteiger partial charge in [0.15, 0.2) is 0 Å². The number of carbonyl (C=O) groups is 2. The van der Waals surface area contributed by atoms with Gasteiger partial charge in [0.2, 0.25) is 5.91 Å². The molecule has 1 heterocycles. The zero-order valence-corrected chi connectivity index (χ0v) is 18.2. The van der Waals surface area contributed by atoms with E-state index in [9.17, 15) is 9.59 Å². The molecule has 1 aliphatic rings. The summed E-state index contributed by atoms with van der Waals surface area (Å²) in [6.45, 7) is 7.47. The number of ether oxygens (including phenoxy) is 1. The first-order valence-corrected chi connectivity index (χ1v) is 9.97. The number of hydroxylamine groups is 2. The van der Waals surface area contributed by atoms with E-state index in [2.05, 4.69) is 18.1 Å². The largest absolute Gasteiger partial charge is 0.467 e. The van der Waals surface area contributed by atoms with Gasteiger partial charge in [0.25, 0.3) is 0 Å². The smallest absolute Gasteiger partial charge is 0.331 e. The van der Waals surface area contributed by atoms with Crippen molar-refractivity contribution in [3.8, 4) is 12.3 Å². The molecular weight excluding hydrogens is 368 g/mol. The van der Waals surface area contributed by atoms with Crippen LogP contribution in [0.1, 0.15) is 41.5 Å². The van der Waals surface area contributed by atoms with Crippen LogP contribution < -0.4 is 0 Å². The normalized spacial score (nSPS) is 16.1. The number of nitrogens with zero attached hydrogens (tertiary/aromatic N) is 2. The van der Waals surface area contributed by atoms with Gasteiger partial charge in [-0.25, -0.2) is 4.79 Å². The first-order valence-electron chi connectivity index (χ1n) is 9.97. The molecule has 1 aromatic rings. The molecule has 158 valence electrons. The molecule has 1 fully saturated rings. The SMILES string of the molecule is C#CCCN(C(=O)Cc1c(C)cc(C)cc1C)C1(C(=O)OC)CCN(OC)CC1. The molecule has 1 saturated heterocycles. The van der Waals surface area contributed by atoms with Crippen LogP contribution in [-0.4, -0.2) is 61.2 Å². The summed E-state index contributed by atoms with van der Waals surface area (Å²) >= 11 is 0. The number of hydrogen-bond acceptors (Lipinski definition) is 5. The highest BCUT2D eigenvalue weighted by atomic mass is 16.7. The molecule has 0 spiro atoms. The average molecular weight is 401 g/mol. The Kier molecular flexibility index (Phi) is 7.83. The highest BCUT2D eigenvalue weighted by Gasteiger charge is 2.49. The zero-order valence-electron chi connectivity index (χ0n) is 18.2. The third-order valence-corrected chi connectivity index (χ3v) is 5.84. The number of aryl methyl sites for hydroxylation is 3. The Morgan fingerprint density at radius 1 is 1.17 bits per heavy atom. The predicted octanol–water partition coefficient (Wildman–Crippen LogP) is 2.58. The molecule has 29 heavy (non-hydrogen) atoms. The second kappa shape index (κ2) is 9.91. The number of esters is 1. The highest BCUT2D eigenvalue weighted by molar-refractivity contribution is 5.89. The Labute approximate surface area is 174 Å². The maximum absolute atomic E-state index is 13.5. The summed E-state index contributed by atoms with van der Waals surface area (Å²) in [6, 6.07) is 4.16. The number of terminal acetylenes is 1. The molecular formula is C23H32N2O4. The van der Waals surface area contributed by atoms with E-state index in [1.807, 2.05) is 20.8 Å². The van der Waals surface area contributed by atoms with Gasteiger partial charge < -0.3 is 14.5 Å². The van der Waals surface area contributed by atoms with Crippen molar-refractivity contribution >= 4 is 11.9 Å². The second-order valence-corrected chi connectivity index (χ2v) is 7.69. The number of amides is 1. The average Bonchev–Trinajstić information content (AvgIpc) is 2.70. The lowest BCUT2D eigenvalue weighted by atomic mass is 9.85.